The second kappa shape index (κ2) is 6.94. The van der Waals surface area contributed by atoms with E-state index in [1.165, 1.54) is 0 Å². The minimum atomic E-state index is -4.42. The van der Waals surface area contributed by atoms with Crippen molar-refractivity contribution in [2.45, 2.75) is 25.4 Å². The number of halogens is 3. The lowest BCUT2D eigenvalue weighted by Gasteiger charge is -2.24. The molecular weight excluding hydrogens is 249 g/mol. The number of likely N-dealkylation sites (tertiary alicyclic amines) is 1. The van der Waals surface area contributed by atoms with Crippen molar-refractivity contribution in [3.05, 3.63) is 0 Å². The van der Waals surface area contributed by atoms with Crippen LogP contribution >= 0.6 is 0 Å². The maximum absolute atomic E-state index is 12.2. The second-order valence-electron chi connectivity index (χ2n) is 4.45. The smallest absolute Gasteiger partial charge is 0.395 e. The number of alkyl halides is 3. The highest BCUT2D eigenvalue weighted by atomic mass is 19.4. The Morgan fingerprint density at radius 3 is 2.39 bits per heavy atom. The Kier molecular flexibility index (Phi) is 5.87. The van der Waals surface area contributed by atoms with Crippen LogP contribution in [0.5, 0.6) is 0 Å². The number of hydrogen-bond donors (Lipinski definition) is 1. The lowest BCUT2D eigenvalue weighted by molar-refractivity contribution is -0.162. The van der Waals surface area contributed by atoms with Crippen LogP contribution in [-0.4, -0.2) is 66.3 Å². The average Bonchev–Trinajstić information content (AvgIpc) is 2.76. The molecule has 7 heteroatoms. The minimum absolute atomic E-state index is 0.0794. The number of rotatable bonds is 6. The average molecular weight is 268 g/mol. The number of aliphatic hydroxyl groups is 1. The number of carbonyl (C=O) groups excluding carboxylic acids is 1. The van der Waals surface area contributed by atoms with E-state index in [0.717, 1.165) is 25.9 Å². The van der Waals surface area contributed by atoms with Gasteiger partial charge in [-0.3, -0.25) is 4.79 Å². The number of aliphatic hydroxyl groups excluding tert-OH is 1. The zero-order valence-corrected chi connectivity index (χ0v) is 10.2. The maximum atomic E-state index is 12.2. The first-order valence-electron chi connectivity index (χ1n) is 6.10. The van der Waals surface area contributed by atoms with Crippen molar-refractivity contribution in [3.63, 3.8) is 0 Å². The van der Waals surface area contributed by atoms with E-state index in [0.29, 0.717) is 11.4 Å². The molecule has 0 bridgehead atoms. The molecule has 0 aliphatic carbocycles. The maximum Gasteiger partial charge on any atom is 0.406 e. The van der Waals surface area contributed by atoms with Crippen molar-refractivity contribution in [3.8, 4) is 0 Å². The van der Waals surface area contributed by atoms with Crippen LogP contribution in [0.2, 0.25) is 0 Å². The summed E-state index contributed by atoms with van der Waals surface area (Å²) in [6, 6.07) is 0. The summed E-state index contributed by atoms with van der Waals surface area (Å²) in [5, 5.41) is 8.69. The van der Waals surface area contributed by atoms with Gasteiger partial charge in [0.15, 0.2) is 0 Å². The molecule has 106 valence electrons. The quantitative estimate of drug-likeness (QED) is 0.777. The number of hydrogen-bond acceptors (Lipinski definition) is 3. The zero-order chi connectivity index (χ0) is 13.6. The first-order valence-corrected chi connectivity index (χ1v) is 6.10. The van der Waals surface area contributed by atoms with Gasteiger partial charge in [-0.2, -0.15) is 13.2 Å². The summed E-state index contributed by atoms with van der Waals surface area (Å²) in [6.45, 7) is 0.313. The Labute approximate surface area is 104 Å². The molecule has 1 rings (SSSR count). The summed E-state index contributed by atoms with van der Waals surface area (Å²) in [4.78, 5) is 14.4. The highest BCUT2D eigenvalue weighted by molar-refractivity contribution is 5.76. The van der Waals surface area contributed by atoms with E-state index in [-0.39, 0.29) is 13.0 Å². The Morgan fingerprint density at radius 1 is 1.28 bits per heavy atom. The van der Waals surface area contributed by atoms with Crippen LogP contribution in [0, 0.1) is 0 Å². The topological polar surface area (TPSA) is 43.8 Å². The van der Waals surface area contributed by atoms with Crippen molar-refractivity contribution >= 4 is 5.91 Å². The van der Waals surface area contributed by atoms with Gasteiger partial charge in [-0.05, 0) is 25.9 Å². The van der Waals surface area contributed by atoms with Crippen LogP contribution in [0.25, 0.3) is 0 Å². The highest BCUT2D eigenvalue weighted by Crippen LogP contribution is 2.17. The van der Waals surface area contributed by atoms with Gasteiger partial charge >= 0.3 is 6.18 Å². The monoisotopic (exact) mass is 268 g/mol. The molecule has 0 aromatic rings. The molecule has 18 heavy (non-hydrogen) atoms. The first kappa shape index (κ1) is 15.2. The second-order valence-corrected chi connectivity index (χ2v) is 4.45. The Morgan fingerprint density at radius 2 is 1.89 bits per heavy atom. The fourth-order valence-corrected chi connectivity index (χ4v) is 2.05. The molecule has 0 unspecified atom stereocenters. The number of nitrogens with zero attached hydrogens (tertiary/aromatic N) is 2. The molecule has 1 aliphatic heterocycles. The lowest BCUT2D eigenvalue weighted by Crippen LogP contribution is -2.41. The fraction of sp³-hybridized carbons (Fsp3) is 0.909. The summed E-state index contributed by atoms with van der Waals surface area (Å²) in [7, 11) is 0. The van der Waals surface area contributed by atoms with Gasteiger partial charge in [0, 0.05) is 19.5 Å². The predicted octanol–water partition coefficient (Wildman–Crippen LogP) is 0.855. The third-order valence-corrected chi connectivity index (χ3v) is 2.93. The molecular formula is C11H19F3N2O2. The van der Waals surface area contributed by atoms with Crippen LogP contribution in [0.1, 0.15) is 19.3 Å². The van der Waals surface area contributed by atoms with E-state index >= 15 is 0 Å². The van der Waals surface area contributed by atoms with Crippen molar-refractivity contribution in [1.82, 2.24) is 9.80 Å². The van der Waals surface area contributed by atoms with Crippen LogP contribution in [0.3, 0.4) is 0 Å². The SMILES string of the molecule is O=C(CCN1CCCC1)N(CCO)CC(F)(F)F. The first-order chi connectivity index (χ1) is 8.42. The van der Waals surface area contributed by atoms with Gasteiger partial charge in [0.1, 0.15) is 6.54 Å². The van der Waals surface area contributed by atoms with Crippen LogP contribution in [0.15, 0.2) is 0 Å². The van der Waals surface area contributed by atoms with Crippen LogP contribution < -0.4 is 0 Å². The van der Waals surface area contributed by atoms with Crippen LogP contribution in [-0.2, 0) is 4.79 Å². The number of amides is 1. The third-order valence-electron chi connectivity index (χ3n) is 2.93. The molecule has 1 N–H and O–H groups in total. The molecule has 0 aromatic carbocycles. The Hall–Kier alpha value is -0.820. The molecule has 1 amide bonds. The van der Waals surface area contributed by atoms with E-state index in [2.05, 4.69) is 4.90 Å². The Bertz CT molecular complexity index is 266. The van der Waals surface area contributed by atoms with E-state index in [9.17, 15) is 18.0 Å². The normalized spacial score (nSPS) is 17.1. The van der Waals surface area contributed by atoms with E-state index in [1.807, 2.05) is 0 Å². The summed E-state index contributed by atoms with van der Waals surface area (Å²) >= 11 is 0. The van der Waals surface area contributed by atoms with E-state index < -0.39 is 25.2 Å². The summed E-state index contributed by atoms with van der Waals surface area (Å²) in [5.41, 5.74) is 0. The minimum Gasteiger partial charge on any atom is -0.395 e. The summed E-state index contributed by atoms with van der Waals surface area (Å²) < 4.78 is 36.7. The molecule has 1 heterocycles. The van der Waals surface area contributed by atoms with Gasteiger partial charge in [-0.15, -0.1) is 0 Å². The molecule has 4 nitrogen and oxygen atoms in total. The fourth-order valence-electron chi connectivity index (χ4n) is 2.05. The molecule has 0 aromatic heterocycles. The molecule has 1 saturated heterocycles. The highest BCUT2D eigenvalue weighted by Gasteiger charge is 2.32. The molecule has 0 saturated carbocycles. The summed E-state index contributed by atoms with van der Waals surface area (Å²) in [5.74, 6) is -0.548. The Balaban J connectivity index is 2.38. The standard InChI is InChI=1S/C11H19F3N2O2/c12-11(13,14)9-16(7-8-17)10(18)3-6-15-4-1-2-5-15/h17H,1-9H2. The number of carbonyl (C=O) groups is 1. The zero-order valence-electron chi connectivity index (χ0n) is 10.2. The van der Waals surface area contributed by atoms with Gasteiger partial charge in [0.2, 0.25) is 5.91 Å². The van der Waals surface area contributed by atoms with Gasteiger partial charge in [0.05, 0.1) is 6.61 Å². The van der Waals surface area contributed by atoms with E-state index in [1.54, 1.807) is 0 Å². The van der Waals surface area contributed by atoms with Crippen molar-refractivity contribution in [2.75, 3.05) is 39.3 Å². The molecule has 1 fully saturated rings. The predicted molar refractivity (Wildman–Crippen MR) is 60.0 cm³/mol. The summed E-state index contributed by atoms with van der Waals surface area (Å²) in [6.07, 6.45) is -2.18. The molecule has 0 atom stereocenters. The molecule has 1 aliphatic rings. The van der Waals surface area contributed by atoms with Crippen molar-refractivity contribution in [1.29, 1.82) is 0 Å². The van der Waals surface area contributed by atoms with Crippen LogP contribution in [0.4, 0.5) is 13.2 Å². The van der Waals surface area contributed by atoms with Crippen molar-refractivity contribution in [2.24, 2.45) is 0 Å². The lowest BCUT2D eigenvalue weighted by atomic mass is 10.3. The van der Waals surface area contributed by atoms with Gasteiger partial charge in [-0.1, -0.05) is 0 Å². The van der Waals surface area contributed by atoms with Gasteiger partial charge < -0.3 is 14.9 Å². The van der Waals surface area contributed by atoms with E-state index in [4.69, 9.17) is 5.11 Å². The van der Waals surface area contributed by atoms with Gasteiger partial charge in [-0.25, -0.2) is 0 Å². The largest absolute Gasteiger partial charge is 0.406 e. The van der Waals surface area contributed by atoms with Crippen molar-refractivity contribution < 1.29 is 23.1 Å². The molecule has 0 radical (unpaired) electrons. The van der Waals surface area contributed by atoms with Gasteiger partial charge in [0.25, 0.3) is 0 Å². The third kappa shape index (κ3) is 5.68. The molecule has 0 spiro atoms.